The first-order valence-corrected chi connectivity index (χ1v) is 6.42. The summed E-state index contributed by atoms with van der Waals surface area (Å²) in [6, 6.07) is 18.0. The average Bonchev–Trinajstić information content (AvgIpc) is 2.79. The lowest BCUT2D eigenvalue weighted by Gasteiger charge is -2.02. The minimum Gasteiger partial charge on any atom is -0.292 e. The number of benzene rings is 2. The predicted molar refractivity (Wildman–Crippen MR) is 77.6 cm³/mol. The van der Waals surface area contributed by atoms with Gasteiger partial charge in [-0.1, -0.05) is 54.6 Å². The van der Waals surface area contributed by atoms with E-state index >= 15 is 0 Å². The fraction of sp³-hybridized carbons (Fsp3) is 0.0588. The van der Waals surface area contributed by atoms with Crippen LogP contribution in [0.1, 0.15) is 12.0 Å². The Morgan fingerprint density at radius 1 is 0.850 bits per heavy atom. The molecule has 2 aromatic carbocycles. The van der Waals surface area contributed by atoms with Gasteiger partial charge in [0.15, 0.2) is 0 Å². The summed E-state index contributed by atoms with van der Waals surface area (Å²) in [5, 5.41) is 2.28. The lowest BCUT2D eigenvalue weighted by atomic mass is 10.0. The van der Waals surface area contributed by atoms with E-state index in [1.807, 2.05) is 42.5 Å². The van der Waals surface area contributed by atoms with Gasteiger partial charge in [0.05, 0.1) is 6.42 Å². The van der Waals surface area contributed by atoms with E-state index in [2.05, 4.69) is 17.4 Å². The Hall–Kier alpha value is -2.68. The monoisotopic (exact) mass is 263 g/mol. The Kier molecular flexibility index (Phi) is 3.17. The highest BCUT2D eigenvalue weighted by Crippen LogP contribution is 2.21. The molecule has 1 heterocycles. The molecule has 0 radical (unpaired) electrons. The number of carbonyl (C=O) groups is 2. The molecule has 0 bridgehead atoms. The standard InChI is InChI=1S/C17H13NO2/c19-16-11-15(17(20)18-16)10-12-6-8-14(9-7-12)13-4-2-1-3-5-13/h1-10H,11H2,(H,18,19,20). The number of hydrogen-bond donors (Lipinski definition) is 1. The van der Waals surface area contributed by atoms with Gasteiger partial charge in [-0.3, -0.25) is 14.9 Å². The maximum absolute atomic E-state index is 11.5. The van der Waals surface area contributed by atoms with Crippen LogP contribution in [-0.2, 0) is 9.59 Å². The van der Waals surface area contributed by atoms with Gasteiger partial charge in [-0.15, -0.1) is 0 Å². The van der Waals surface area contributed by atoms with Gasteiger partial charge in [-0.05, 0) is 22.8 Å². The Balaban J connectivity index is 1.86. The zero-order chi connectivity index (χ0) is 13.9. The van der Waals surface area contributed by atoms with E-state index in [0.29, 0.717) is 5.57 Å². The molecule has 0 saturated carbocycles. The van der Waals surface area contributed by atoms with Gasteiger partial charge in [-0.2, -0.15) is 0 Å². The largest absolute Gasteiger partial charge is 0.292 e. The molecule has 20 heavy (non-hydrogen) atoms. The summed E-state index contributed by atoms with van der Waals surface area (Å²) in [4.78, 5) is 22.6. The van der Waals surface area contributed by atoms with Crippen molar-refractivity contribution in [3.8, 4) is 11.1 Å². The lowest BCUT2D eigenvalue weighted by molar-refractivity contribution is -0.124. The van der Waals surface area contributed by atoms with E-state index in [4.69, 9.17) is 0 Å². The molecule has 0 atom stereocenters. The van der Waals surface area contributed by atoms with Crippen LogP contribution in [0.3, 0.4) is 0 Å². The summed E-state index contributed by atoms with van der Waals surface area (Å²) < 4.78 is 0. The second-order valence-corrected chi connectivity index (χ2v) is 4.71. The van der Waals surface area contributed by atoms with Crippen molar-refractivity contribution in [2.24, 2.45) is 0 Å². The smallest absolute Gasteiger partial charge is 0.254 e. The van der Waals surface area contributed by atoms with Gasteiger partial charge in [0.25, 0.3) is 5.91 Å². The van der Waals surface area contributed by atoms with Gasteiger partial charge in [0.2, 0.25) is 5.91 Å². The van der Waals surface area contributed by atoms with Crippen molar-refractivity contribution in [3.05, 3.63) is 65.7 Å². The molecule has 2 aromatic rings. The minimum atomic E-state index is -0.290. The van der Waals surface area contributed by atoms with Crippen LogP contribution in [0, 0.1) is 0 Å². The summed E-state index contributed by atoms with van der Waals surface area (Å²) >= 11 is 0. The molecule has 1 N–H and O–H groups in total. The number of amides is 2. The molecule has 0 unspecified atom stereocenters. The fourth-order valence-corrected chi connectivity index (χ4v) is 2.22. The van der Waals surface area contributed by atoms with E-state index in [1.54, 1.807) is 6.08 Å². The Labute approximate surface area is 116 Å². The quantitative estimate of drug-likeness (QED) is 0.669. The molecule has 3 rings (SSSR count). The van der Waals surface area contributed by atoms with Crippen molar-refractivity contribution in [2.45, 2.75) is 6.42 Å². The molecule has 98 valence electrons. The topological polar surface area (TPSA) is 46.2 Å². The number of rotatable bonds is 2. The van der Waals surface area contributed by atoms with Gasteiger partial charge < -0.3 is 0 Å². The molecule has 3 heteroatoms. The van der Waals surface area contributed by atoms with Crippen LogP contribution in [0.2, 0.25) is 0 Å². The van der Waals surface area contributed by atoms with Crippen LogP contribution in [0.5, 0.6) is 0 Å². The van der Waals surface area contributed by atoms with E-state index in [1.165, 1.54) is 0 Å². The van der Waals surface area contributed by atoms with Crippen molar-refractivity contribution in [2.75, 3.05) is 0 Å². The SMILES string of the molecule is O=C1CC(=Cc2ccc(-c3ccccc3)cc2)C(=O)N1. The second kappa shape index (κ2) is 5.13. The molecule has 1 aliphatic heterocycles. The molecule has 1 aliphatic rings. The van der Waals surface area contributed by atoms with Crippen LogP contribution in [0.4, 0.5) is 0 Å². The Bertz CT molecular complexity index is 685. The van der Waals surface area contributed by atoms with Crippen molar-refractivity contribution in [1.29, 1.82) is 0 Å². The first kappa shape index (κ1) is 12.4. The summed E-state index contributed by atoms with van der Waals surface area (Å²) in [6.07, 6.45) is 1.92. The highest BCUT2D eigenvalue weighted by Gasteiger charge is 2.23. The predicted octanol–water partition coefficient (Wildman–Crippen LogP) is 2.78. The highest BCUT2D eigenvalue weighted by atomic mass is 16.2. The fourth-order valence-electron chi connectivity index (χ4n) is 2.22. The van der Waals surface area contributed by atoms with Crippen LogP contribution in [0.15, 0.2) is 60.2 Å². The first-order chi connectivity index (χ1) is 9.72. The molecule has 1 fully saturated rings. The molecule has 2 amide bonds. The third-order valence-corrected chi connectivity index (χ3v) is 3.25. The van der Waals surface area contributed by atoms with Crippen LogP contribution < -0.4 is 5.32 Å². The number of carbonyl (C=O) groups excluding carboxylic acids is 2. The van der Waals surface area contributed by atoms with Crippen molar-refractivity contribution < 1.29 is 9.59 Å². The molecule has 0 spiro atoms. The maximum Gasteiger partial charge on any atom is 0.254 e. The number of imide groups is 1. The van der Waals surface area contributed by atoms with Crippen molar-refractivity contribution in [3.63, 3.8) is 0 Å². The van der Waals surface area contributed by atoms with Crippen LogP contribution >= 0.6 is 0 Å². The Morgan fingerprint density at radius 3 is 2.10 bits per heavy atom. The van der Waals surface area contributed by atoms with Crippen molar-refractivity contribution in [1.82, 2.24) is 5.32 Å². The van der Waals surface area contributed by atoms with E-state index in [9.17, 15) is 9.59 Å². The third kappa shape index (κ3) is 2.52. The normalized spacial score (nSPS) is 16.5. The van der Waals surface area contributed by atoms with Gasteiger partial charge in [0, 0.05) is 5.57 Å². The van der Waals surface area contributed by atoms with Crippen molar-refractivity contribution >= 4 is 17.9 Å². The molecule has 3 nitrogen and oxygen atoms in total. The minimum absolute atomic E-state index is 0.166. The van der Waals surface area contributed by atoms with E-state index < -0.39 is 0 Å². The molecule has 0 aliphatic carbocycles. The summed E-state index contributed by atoms with van der Waals surface area (Å²) in [5.41, 5.74) is 3.71. The number of nitrogens with one attached hydrogen (secondary N) is 1. The zero-order valence-corrected chi connectivity index (χ0v) is 10.8. The Morgan fingerprint density at radius 2 is 1.50 bits per heavy atom. The summed E-state index contributed by atoms with van der Waals surface area (Å²) in [5.74, 6) is -0.524. The van der Waals surface area contributed by atoms with Gasteiger partial charge >= 0.3 is 0 Å². The third-order valence-electron chi connectivity index (χ3n) is 3.25. The van der Waals surface area contributed by atoms with E-state index in [-0.39, 0.29) is 18.2 Å². The molecular formula is C17H13NO2. The molecule has 1 saturated heterocycles. The summed E-state index contributed by atoms with van der Waals surface area (Å²) in [7, 11) is 0. The lowest BCUT2D eigenvalue weighted by Crippen LogP contribution is -2.19. The highest BCUT2D eigenvalue weighted by molar-refractivity contribution is 6.15. The second-order valence-electron chi connectivity index (χ2n) is 4.71. The molecular weight excluding hydrogens is 250 g/mol. The molecule has 0 aromatic heterocycles. The maximum atomic E-state index is 11.5. The van der Waals surface area contributed by atoms with Crippen LogP contribution in [0.25, 0.3) is 17.2 Å². The summed E-state index contributed by atoms with van der Waals surface area (Å²) in [6.45, 7) is 0. The van der Waals surface area contributed by atoms with Gasteiger partial charge in [-0.25, -0.2) is 0 Å². The number of hydrogen-bond acceptors (Lipinski definition) is 2. The van der Waals surface area contributed by atoms with E-state index in [0.717, 1.165) is 16.7 Å². The van der Waals surface area contributed by atoms with Crippen LogP contribution in [-0.4, -0.2) is 11.8 Å². The van der Waals surface area contributed by atoms with Gasteiger partial charge in [0.1, 0.15) is 0 Å². The zero-order valence-electron chi connectivity index (χ0n) is 10.8. The first-order valence-electron chi connectivity index (χ1n) is 6.42. The average molecular weight is 263 g/mol.